The number of hydrogen-bond donors (Lipinski definition) is 3. The van der Waals surface area contributed by atoms with Gasteiger partial charge in [-0.15, -0.1) is 0 Å². The van der Waals surface area contributed by atoms with E-state index in [1.165, 1.54) is 6.92 Å². The quantitative estimate of drug-likeness (QED) is 0.196. The van der Waals surface area contributed by atoms with Crippen LogP contribution in [0.15, 0.2) is 53.3 Å². The van der Waals surface area contributed by atoms with Crippen LogP contribution < -0.4 is 35.6 Å². The average molecular weight is 656 g/mol. The molecule has 1 aliphatic rings. The molecular weight excluding hydrogens is 610 g/mol. The molecule has 5 rings (SSSR count). The average Bonchev–Trinajstić information content (AvgIpc) is 3.21. The van der Waals surface area contributed by atoms with Crippen LogP contribution in [-0.4, -0.2) is 55.3 Å². The van der Waals surface area contributed by atoms with Crippen molar-refractivity contribution in [3.05, 3.63) is 75.7 Å². The molecule has 3 N–H and O–H groups in total. The molecule has 11 nitrogen and oxygen atoms in total. The maximum Gasteiger partial charge on any atom is 0.242 e. The summed E-state index contributed by atoms with van der Waals surface area (Å²) >= 11 is 0. The fourth-order valence-electron chi connectivity index (χ4n) is 6.52. The molecule has 0 saturated heterocycles. The third kappa shape index (κ3) is 6.81. The first-order valence-corrected chi connectivity index (χ1v) is 16.3. The number of nitrogens with one attached hydrogen (secondary N) is 3. The lowest BCUT2D eigenvalue weighted by atomic mass is 9.95. The molecule has 11 heteroatoms. The highest BCUT2D eigenvalue weighted by Crippen LogP contribution is 2.50. The number of anilines is 1. The minimum Gasteiger partial charge on any atom is -0.493 e. The Kier molecular flexibility index (Phi) is 10.6. The minimum absolute atomic E-state index is 0.0758. The monoisotopic (exact) mass is 655 g/mol. The number of nitrogens with zero attached hydrogens (tertiary/aromatic N) is 2. The van der Waals surface area contributed by atoms with Crippen molar-refractivity contribution in [1.29, 1.82) is 0 Å². The molecule has 1 heterocycles. The zero-order valence-corrected chi connectivity index (χ0v) is 28.7. The molecule has 2 amide bonds. The highest BCUT2D eigenvalue weighted by Gasteiger charge is 2.30. The Balaban J connectivity index is 1.50. The van der Waals surface area contributed by atoms with Crippen LogP contribution in [0.5, 0.6) is 17.2 Å². The number of ether oxygens (including phenoxy) is 3. The Labute approximate surface area is 281 Å². The van der Waals surface area contributed by atoms with Gasteiger partial charge >= 0.3 is 0 Å². The van der Waals surface area contributed by atoms with Gasteiger partial charge in [0, 0.05) is 32.5 Å². The Morgan fingerprint density at radius 1 is 1.04 bits per heavy atom. The molecule has 1 aliphatic carbocycles. The predicted molar refractivity (Wildman–Crippen MR) is 187 cm³/mol. The summed E-state index contributed by atoms with van der Waals surface area (Å²) in [6.45, 7) is 5.86. The van der Waals surface area contributed by atoms with Crippen LogP contribution in [0.25, 0.3) is 22.2 Å². The number of carbonyl (C=O) groups is 2. The largest absolute Gasteiger partial charge is 0.493 e. The SMILES string of the molecule is CC[C@@H](C)[C@H](Nc1ccc2c(cc1=O)[C@@H](NC(C)=O)CCc1cc(OC)c(OC)c(OC)c1-2)C(=O)NCCc1nc2ccccc2n1C. The first kappa shape index (κ1) is 34.3. The highest BCUT2D eigenvalue weighted by molar-refractivity contribution is 5.86. The van der Waals surface area contributed by atoms with Crippen LogP contribution >= 0.6 is 0 Å². The molecule has 0 saturated carbocycles. The number of carbonyl (C=O) groups excluding carboxylic acids is 2. The number of amides is 2. The maximum atomic E-state index is 13.9. The van der Waals surface area contributed by atoms with Crippen LogP contribution in [0.4, 0.5) is 5.69 Å². The summed E-state index contributed by atoms with van der Waals surface area (Å²) < 4.78 is 19.2. The van der Waals surface area contributed by atoms with E-state index in [1.54, 1.807) is 33.5 Å². The number of aryl methyl sites for hydroxylation is 2. The first-order valence-electron chi connectivity index (χ1n) is 16.3. The van der Waals surface area contributed by atoms with E-state index in [1.807, 2.05) is 61.9 Å². The Morgan fingerprint density at radius 2 is 1.79 bits per heavy atom. The van der Waals surface area contributed by atoms with Gasteiger partial charge in [-0.3, -0.25) is 14.4 Å². The van der Waals surface area contributed by atoms with E-state index in [-0.39, 0.29) is 28.8 Å². The van der Waals surface area contributed by atoms with Crippen molar-refractivity contribution in [3.63, 3.8) is 0 Å². The second kappa shape index (κ2) is 14.8. The van der Waals surface area contributed by atoms with Crippen molar-refractivity contribution in [1.82, 2.24) is 20.2 Å². The zero-order valence-electron chi connectivity index (χ0n) is 28.7. The van der Waals surface area contributed by atoms with Crippen molar-refractivity contribution in [2.24, 2.45) is 13.0 Å². The fourth-order valence-corrected chi connectivity index (χ4v) is 6.52. The summed E-state index contributed by atoms with van der Waals surface area (Å²) in [4.78, 5) is 44.6. The van der Waals surface area contributed by atoms with Crippen molar-refractivity contribution in [2.45, 2.75) is 58.5 Å². The Bertz CT molecular complexity index is 1890. The molecule has 0 fully saturated rings. The lowest BCUT2D eigenvalue weighted by Gasteiger charge is -2.24. The summed E-state index contributed by atoms with van der Waals surface area (Å²) in [6, 6.07) is 13.9. The lowest BCUT2D eigenvalue weighted by molar-refractivity contribution is -0.123. The van der Waals surface area contributed by atoms with Crippen molar-refractivity contribution in [3.8, 4) is 28.4 Å². The van der Waals surface area contributed by atoms with Crippen LogP contribution in [0.2, 0.25) is 0 Å². The number of para-hydroxylation sites is 2. The van der Waals surface area contributed by atoms with E-state index in [9.17, 15) is 14.4 Å². The van der Waals surface area contributed by atoms with E-state index >= 15 is 0 Å². The van der Waals surface area contributed by atoms with Crippen molar-refractivity contribution in [2.75, 3.05) is 33.2 Å². The van der Waals surface area contributed by atoms with Gasteiger partial charge in [-0.2, -0.15) is 0 Å². The number of methoxy groups -OCH3 is 3. The fraction of sp³-hybridized carbons (Fsp3) is 0.405. The molecule has 0 radical (unpaired) electrons. The van der Waals surface area contributed by atoms with Gasteiger partial charge in [0.05, 0.1) is 44.1 Å². The molecular formula is C37H45N5O6. The van der Waals surface area contributed by atoms with Crippen molar-refractivity contribution >= 4 is 28.5 Å². The molecule has 1 aromatic heterocycles. The van der Waals surface area contributed by atoms with Crippen LogP contribution in [-0.2, 0) is 29.5 Å². The number of hydrogen-bond acceptors (Lipinski definition) is 8. The van der Waals surface area contributed by atoms with Crippen LogP contribution in [0.1, 0.15) is 56.6 Å². The van der Waals surface area contributed by atoms with Crippen LogP contribution in [0, 0.1) is 5.92 Å². The van der Waals surface area contributed by atoms with Gasteiger partial charge in [-0.25, -0.2) is 4.98 Å². The van der Waals surface area contributed by atoms with Gasteiger partial charge in [0.25, 0.3) is 0 Å². The molecule has 0 bridgehead atoms. The predicted octanol–water partition coefficient (Wildman–Crippen LogP) is 4.94. The van der Waals surface area contributed by atoms with Crippen LogP contribution in [0.3, 0.4) is 0 Å². The van der Waals surface area contributed by atoms with Gasteiger partial charge in [0.1, 0.15) is 11.9 Å². The molecule has 3 atom stereocenters. The van der Waals surface area contributed by atoms with Gasteiger partial charge in [0.15, 0.2) is 11.5 Å². The van der Waals surface area contributed by atoms with Gasteiger partial charge < -0.3 is 34.7 Å². The molecule has 4 aromatic rings. The number of rotatable bonds is 12. The molecule has 3 aromatic carbocycles. The summed E-state index contributed by atoms with van der Waals surface area (Å²) in [5, 5.41) is 9.37. The number of imidazole rings is 1. The smallest absolute Gasteiger partial charge is 0.242 e. The maximum absolute atomic E-state index is 13.9. The number of aromatic nitrogens is 2. The Morgan fingerprint density at radius 3 is 2.46 bits per heavy atom. The summed E-state index contributed by atoms with van der Waals surface area (Å²) in [7, 11) is 6.65. The Hall–Kier alpha value is -5.06. The summed E-state index contributed by atoms with van der Waals surface area (Å²) in [6.07, 6.45) is 2.42. The molecule has 254 valence electrons. The molecule has 0 unspecified atom stereocenters. The number of benzene rings is 2. The van der Waals surface area contributed by atoms with E-state index in [4.69, 9.17) is 19.2 Å². The molecule has 48 heavy (non-hydrogen) atoms. The van der Waals surface area contributed by atoms with Crippen molar-refractivity contribution < 1.29 is 23.8 Å². The first-order chi connectivity index (χ1) is 23.1. The topological polar surface area (TPSA) is 133 Å². The second-order valence-electron chi connectivity index (χ2n) is 12.2. The third-order valence-electron chi connectivity index (χ3n) is 9.25. The number of fused-ring (bicyclic) bond motifs is 4. The van der Waals surface area contributed by atoms with Gasteiger partial charge in [-0.05, 0) is 65.8 Å². The van der Waals surface area contributed by atoms with E-state index in [0.29, 0.717) is 48.6 Å². The highest BCUT2D eigenvalue weighted by atomic mass is 16.5. The summed E-state index contributed by atoms with van der Waals surface area (Å²) in [5.41, 5.74) is 5.00. The minimum atomic E-state index is -0.664. The second-order valence-corrected chi connectivity index (χ2v) is 12.2. The summed E-state index contributed by atoms with van der Waals surface area (Å²) in [5.74, 6) is 1.83. The molecule has 0 aliphatic heterocycles. The van der Waals surface area contributed by atoms with E-state index in [0.717, 1.165) is 40.0 Å². The van der Waals surface area contributed by atoms with Gasteiger partial charge in [-0.1, -0.05) is 38.5 Å². The zero-order chi connectivity index (χ0) is 34.5. The third-order valence-corrected chi connectivity index (χ3v) is 9.25. The van der Waals surface area contributed by atoms with E-state index in [2.05, 4.69) is 16.0 Å². The lowest BCUT2D eigenvalue weighted by Crippen LogP contribution is -2.45. The standard InChI is InChI=1S/C37H45N5O6/c1-8-21(2)34(37(45)38-18-17-32-40-27-11-9-10-12-29(27)42(32)4)41-28-16-14-24-25(20-30(28)44)26(39-22(3)43)15-13-23-19-31(46-5)35(47-6)36(48-7)33(23)24/h9-12,14,16,19-21,26,34H,8,13,15,17-18H2,1-7H3,(H,38,45)(H,39,43)(H,41,44)/t21-,26+,34+/m1/s1. The van der Waals surface area contributed by atoms with Gasteiger partial charge in [0.2, 0.25) is 23.0 Å². The normalized spacial score (nSPS) is 14.9. The van der Waals surface area contributed by atoms with E-state index < -0.39 is 12.1 Å². The molecule has 0 spiro atoms.